The molecule has 0 saturated heterocycles. The molecule has 0 amide bonds. The van der Waals surface area contributed by atoms with Gasteiger partial charge in [-0.15, -0.1) is 5.10 Å². The summed E-state index contributed by atoms with van der Waals surface area (Å²) in [7, 11) is 0. The Hall–Kier alpha value is -3.08. The van der Waals surface area contributed by atoms with Crippen LogP contribution in [-0.4, -0.2) is 14.8 Å². The molecule has 0 radical (unpaired) electrons. The minimum atomic E-state index is -0.0301. The third-order valence-electron chi connectivity index (χ3n) is 3.71. The summed E-state index contributed by atoms with van der Waals surface area (Å²) < 4.78 is 1.82. The number of nitrogen functional groups attached to an aromatic ring is 1. The zero-order valence-electron chi connectivity index (χ0n) is 11.8. The number of hydrogen-bond donors (Lipinski definition) is 2. The van der Waals surface area contributed by atoms with E-state index in [1.165, 1.54) is 0 Å². The van der Waals surface area contributed by atoms with Gasteiger partial charge in [-0.3, -0.25) is 0 Å². The van der Waals surface area contributed by atoms with E-state index in [-0.39, 0.29) is 12.0 Å². The largest absolute Gasteiger partial charge is 0.366 e. The van der Waals surface area contributed by atoms with Crippen molar-refractivity contribution >= 4 is 17.6 Å². The first-order valence-corrected chi connectivity index (χ1v) is 7.12. The number of nitrogens with two attached hydrogens (primary N) is 1. The number of nitrogens with zero attached hydrogens (tertiary/aromatic N) is 3. The van der Waals surface area contributed by atoms with Crippen molar-refractivity contribution in [1.82, 2.24) is 14.8 Å². The van der Waals surface area contributed by atoms with E-state index in [4.69, 9.17) is 5.73 Å². The molecule has 2 heterocycles. The number of hydrogen-bond acceptors (Lipinski definition) is 4. The Labute approximate surface area is 128 Å². The summed E-state index contributed by atoms with van der Waals surface area (Å²) in [5.41, 5.74) is 9.04. The van der Waals surface area contributed by atoms with Gasteiger partial charge in [-0.2, -0.15) is 4.98 Å². The third kappa shape index (κ3) is 2.13. The van der Waals surface area contributed by atoms with E-state index in [0.29, 0.717) is 5.95 Å². The summed E-state index contributed by atoms with van der Waals surface area (Å²) in [4.78, 5) is 4.28. The number of anilines is 2. The molecule has 3 aromatic rings. The molecule has 4 rings (SSSR count). The van der Waals surface area contributed by atoms with Crippen molar-refractivity contribution in [3.05, 3.63) is 77.9 Å². The molecule has 1 aromatic heterocycles. The predicted molar refractivity (Wildman–Crippen MR) is 87.1 cm³/mol. The lowest BCUT2D eigenvalue weighted by Crippen LogP contribution is -2.20. The van der Waals surface area contributed by atoms with Crippen molar-refractivity contribution in [3.8, 4) is 0 Å². The van der Waals surface area contributed by atoms with E-state index in [1.807, 2.05) is 41.1 Å². The van der Waals surface area contributed by atoms with Crippen LogP contribution in [0.25, 0.3) is 5.70 Å². The van der Waals surface area contributed by atoms with Crippen molar-refractivity contribution in [2.24, 2.45) is 0 Å². The number of aromatic nitrogens is 3. The van der Waals surface area contributed by atoms with Crippen LogP contribution in [0, 0.1) is 0 Å². The summed E-state index contributed by atoms with van der Waals surface area (Å²) >= 11 is 0. The zero-order valence-corrected chi connectivity index (χ0v) is 11.8. The van der Waals surface area contributed by atoms with Crippen LogP contribution in [0.5, 0.6) is 0 Å². The van der Waals surface area contributed by atoms with Crippen molar-refractivity contribution in [3.63, 3.8) is 0 Å². The van der Waals surface area contributed by atoms with E-state index in [0.717, 1.165) is 16.8 Å². The Kier molecular flexibility index (Phi) is 2.89. The van der Waals surface area contributed by atoms with Crippen LogP contribution in [-0.2, 0) is 0 Å². The number of rotatable bonds is 2. The van der Waals surface area contributed by atoms with E-state index in [2.05, 4.69) is 45.7 Å². The first-order valence-electron chi connectivity index (χ1n) is 7.12. The van der Waals surface area contributed by atoms with Crippen molar-refractivity contribution in [1.29, 1.82) is 0 Å². The lowest BCUT2D eigenvalue weighted by Gasteiger charge is -2.24. The molecule has 22 heavy (non-hydrogen) atoms. The van der Waals surface area contributed by atoms with Gasteiger partial charge in [0.25, 0.3) is 0 Å². The highest BCUT2D eigenvalue weighted by Crippen LogP contribution is 2.32. The van der Waals surface area contributed by atoms with E-state index < -0.39 is 0 Å². The first-order chi connectivity index (χ1) is 10.8. The van der Waals surface area contributed by atoms with E-state index in [1.54, 1.807) is 0 Å². The van der Waals surface area contributed by atoms with Crippen LogP contribution in [0.2, 0.25) is 0 Å². The highest BCUT2D eigenvalue weighted by atomic mass is 15.4. The van der Waals surface area contributed by atoms with Gasteiger partial charge in [0.15, 0.2) is 0 Å². The molecule has 5 heteroatoms. The molecule has 0 saturated carbocycles. The summed E-state index contributed by atoms with van der Waals surface area (Å²) in [6.07, 6.45) is 2.14. The standard InChI is InChI=1S/C17H15N5/c18-16-20-17-19-14(12-7-3-1-4-8-12)11-15(22(17)21-16)13-9-5-2-6-10-13/h1-11,15H,(H3,18,19,20,21). The first kappa shape index (κ1) is 12.6. The molecule has 0 bridgehead atoms. The lowest BCUT2D eigenvalue weighted by atomic mass is 10.0. The molecule has 108 valence electrons. The minimum absolute atomic E-state index is 0.0301. The molecule has 2 aromatic carbocycles. The van der Waals surface area contributed by atoms with Crippen LogP contribution < -0.4 is 11.1 Å². The molecule has 1 aliphatic heterocycles. The predicted octanol–water partition coefficient (Wildman–Crippen LogP) is 2.92. The van der Waals surface area contributed by atoms with Crippen LogP contribution in [0.1, 0.15) is 17.2 Å². The van der Waals surface area contributed by atoms with Crippen LogP contribution in [0.15, 0.2) is 66.7 Å². The Morgan fingerprint density at radius 3 is 2.36 bits per heavy atom. The highest BCUT2D eigenvalue weighted by molar-refractivity contribution is 5.77. The van der Waals surface area contributed by atoms with Gasteiger partial charge in [0, 0.05) is 5.70 Å². The molecule has 0 spiro atoms. The second-order valence-corrected chi connectivity index (χ2v) is 5.17. The monoisotopic (exact) mass is 289 g/mol. The molecular formula is C17H15N5. The Morgan fingerprint density at radius 1 is 0.955 bits per heavy atom. The summed E-state index contributed by atoms with van der Waals surface area (Å²) in [6, 6.07) is 20.3. The van der Waals surface area contributed by atoms with Crippen LogP contribution in [0.3, 0.4) is 0 Å². The number of allylic oxidation sites excluding steroid dienone is 1. The van der Waals surface area contributed by atoms with Gasteiger partial charge in [0.2, 0.25) is 11.9 Å². The average Bonchev–Trinajstić information content (AvgIpc) is 2.95. The van der Waals surface area contributed by atoms with Crippen molar-refractivity contribution < 1.29 is 0 Å². The van der Waals surface area contributed by atoms with Gasteiger partial charge in [-0.1, -0.05) is 60.7 Å². The molecule has 1 aliphatic rings. The second kappa shape index (κ2) is 5.04. The Bertz CT molecular complexity index is 821. The number of benzene rings is 2. The maximum absolute atomic E-state index is 5.78. The Balaban J connectivity index is 1.85. The Morgan fingerprint density at radius 2 is 1.64 bits per heavy atom. The zero-order chi connectivity index (χ0) is 14.9. The third-order valence-corrected chi connectivity index (χ3v) is 3.71. The summed E-state index contributed by atoms with van der Waals surface area (Å²) in [5, 5.41) is 7.62. The normalized spacial score (nSPS) is 16.5. The van der Waals surface area contributed by atoms with Gasteiger partial charge in [0.1, 0.15) is 6.04 Å². The topological polar surface area (TPSA) is 68.8 Å². The van der Waals surface area contributed by atoms with Gasteiger partial charge in [0.05, 0.1) is 0 Å². The summed E-state index contributed by atoms with van der Waals surface area (Å²) in [6.45, 7) is 0. The summed E-state index contributed by atoms with van der Waals surface area (Å²) in [5.74, 6) is 0.929. The average molecular weight is 289 g/mol. The number of fused-ring (bicyclic) bond motifs is 1. The van der Waals surface area contributed by atoms with Gasteiger partial charge in [-0.05, 0) is 17.2 Å². The van der Waals surface area contributed by atoms with E-state index in [9.17, 15) is 0 Å². The maximum Gasteiger partial charge on any atom is 0.241 e. The number of nitrogens with one attached hydrogen (secondary N) is 1. The minimum Gasteiger partial charge on any atom is -0.366 e. The molecule has 3 N–H and O–H groups in total. The van der Waals surface area contributed by atoms with Gasteiger partial charge in [-0.25, -0.2) is 4.68 Å². The fourth-order valence-electron chi connectivity index (χ4n) is 2.68. The quantitative estimate of drug-likeness (QED) is 0.761. The van der Waals surface area contributed by atoms with Gasteiger partial charge >= 0.3 is 0 Å². The fourth-order valence-corrected chi connectivity index (χ4v) is 2.68. The van der Waals surface area contributed by atoms with Crippen LogP contribution >= 0.6 is 0 Å². The molecule has 5 nitrogen and oxygen atoms in total. The van der Waals surface area contributed by atoms with Crippen molar-refractivity contribution in [2.75, 3.05) is 11.1 Å². The molecule has 1 atom stereocenters. The highest BCUT2D eigenvalue weighted by Gasteiger charge is 2.24. The SMILES string of the molecule is Nc1nc2n(n1)C(c1ccccc1)C=C(c1ccccc1)N2. The van der Waals surface area contributed by atoms with Gasteiger partial charge < -0.3 is 11.1 Å². The van der Waals surface area contributed by atoms with Crippen LogP contribution in [0.4, 0.5) is 11.9 Å². The molecule has 0 fully saturated rings. The lowest BCUT2D eigenvalue weighted by molar-refractivity contribution is 0.614. The maximum atomic E-state index is 5.78. The second-order valence-electron chi connectivity index (χ2n) is 5.17. The smallest absolute Gasteiger partial charge is 0.241 e. The van der Waals surface area contributed by atoms with E-state index >= 15 is 0 Å². The fraction of sp³-hybridized carbons (Fsp3) is 0.0588. The van der Waals surface area contributed by atoms with Crippen molar-refractivity contribution in [2.45, 2.75) is 6.04 Å². The molecule has 1 unspecified atom stereocenters. The molecule has 0 aliphatic carbocycles. The molecular weight excluding hydrogens is 274 g/mol.